The first kappa shape index (κ1) is 16.7. The van der Waals surface area contributed by atoms with E-state index in [1.54, 1.807) is 30.5 Å². The largest absolute Gasteiger partial charge is 0.507 e. The molecule has 22 heavy (non-hydrogen) atoms. The van der Waals surface area contributed by atoms with Gasteiger partial charge in [-0.25, -0.2) is 9.97 Å². The lowest BCUT2D eigenvalue weighted by molar-refractivity contribution is 0.476. The van der Waals surface area contributed by atoms with E-state index >= 15 is 0 Å². The van der Waals surface area contributed by atoms with Crippen LogP contribution in [0.5, 0.6) is 5.75 Å². The van der Waals surface area contributed by atoms with E-state index < -0.39 is 0 Å². The minimum atomic E-state index is 0.0812. The Bertz CT molecular complexity index is 633. The van der Waals surface area contributed by atoms with Gasteiger partial charge in [-0.1, -0.05) is 29.8 Å². The predicted molar refractivity (Wildman–Crippen MR) is 92.8 cm³/mol. The number of phenolic OH excluding ortho intramolecular Hbond substituents is 1. The van der Waals surface area contributed by atoms with Crippen LogP contribution in [-0.2, 0) is 0 Å². The number of phenols is 1. The molecule has 1 heterocycles. The summed E-state index contributed by atoms with van der Waals surface area (Å²) in [5.74, 6) is 1.89. The molecule has 118 valence electrons. The van der Waals surface area contributed by atoms with Gasteiger partial charge in [0.25, 0.3) is 0 Å². The molecule has 0 saturated carbocycles. The van der Waals surface area contributed by atoms with Crippen LogP contribution >= 0.6 is 15.9 Å². The molecular formula is C16H21BrN4O. The van der Waals surface area contributed by atoms with Crippen molar-refractivity contribution >= 4 is 21.7 Å². The summed E-state index contributed by atoms with van der Waals surface area (Å²) < 4.78 is 0.862. The van der Waals surface area contributed by atoms with Crippen molar-refractivity contribution in [3.8, 4) is 17.1 Å². The number of hydrogen-bond acceptors (Lipinski definition) is 5. The third-order valence-corrected chi connectivity index (χ3v) is 3.67. The van der Waals surface area contributed by atoms with E-state index in [1.807, 2.05) is 0 Å². The Morgan fingerprint density at radius 1 is 1.32 bits per heavy atom. The zero-order valence-electron chi connectivity index (χ0n) is 12.8. The number of nitrogens with two attached hydrogens (primary N) is 1. The number of anilines is 1. The molecule has 1 atom stereocenters. The second kappa shape index (κ2) is 7.56. The number of nitrogens with zero attached hydrogens (tertiary/aromatic N) is 2. The van der Waals surface area contributed by atoms with Crippen molar-refractivity contribution < 1.29 is 5.11 Å². The minimum absolute atomic E-state index is 0.0812. The fraction of sp³-hybridized carbons (Fsp3) is 0.375. The number of aromatic hydroxyl groups is 1. The summed E-state index contributed by atoms with van der Waals surface area (Å²) in [4.78, 5) is 8.66. The summed E-state index contributed by atoms with van der Waals surface area (Å²) in [7, 11) is 0. The molecular weight excluding hydrogens is 344 g/mol. The quantitative estimate of drug-likeness (QED) is 0.731. The number of aromatic nitrogens is 2. The summed E-state index contributed by atoms with van der Waals surface area (Å²) in [6.45, 7) is 4.95. The SMILES string of the molecule is CC(C)C[C@H](N)CNc1ccnc(-c2cc(Br)ccc2O)n1. The topological polar surface area (TPSA) is 84.1 Å². The van der Waals surface area contributed by atoms with Crippen LogP contribution in [0.3, 0.4) is 0 Å². The number of benzene rings is 1. The van der Waals surface area contributed by atoms with E-state index in [4.69, 9.17) is 5.73 Å². The molecule has 1 aromatic heterocycles. The Kier molecular flexibility index (Phi) is 5.74. The van der Waals surface area contributed by atoms with Gasteiger partial charge in [0.05, 0.1) is 5.56 Å². The van der Waals surface area contributed by atoms with Gasteiger partial charge in [0.2, 0.25) is 0 Å². The lowest BCUT2D eigenvalue weighted by Crippen LogP contribution is -2.30. The van der Waals surface area contributed by atoms with Crippen molar-refractivity contribution in [2.24, 2.45) is 11.7 Å². The molecule has 4 N–H and O–H groups in total. The molecule has 1 aromatic carbocycles. The lowest BCUT2D eigenvalue weighted by Gasteiger charge is -2.15. The first-order valence-electron chi connectivity index (χ1n) is 7.27. The smallest absolute Gasteiger partial charge is 0.165 e. The van der Waals surface area contributed by atoms with Crippen molar-refractivity contribution in [1.29, 1.82) is 0 Å². The predicted octanol–water partition coefficient (Wildman–Crippen LogP) is 3.40. The highest BCUT2D eigenvalue weighted by Crippen LogP contribution is 2.29. The molecule has 0 fully saturated rings. The van der Waals surface area contributed by atoms with Gasteiger partial charge in [-0.3, -0.25) is 0 Å². The molecule has 6 heteroatoms. The zero-order chi connectivity index (χ0) is 16.1. The van der Waals surface area contributed by atoms with Crippen LogP contribution in [0, 0.1) is 5.92 Å². The van der Waals surface area contributed by atoms with Gasteiger partial charge in [-0.2, -0.15) is 0 Å². The number of halogens is 1. The highest BCUT2D eigenvalue weighted by molar-refractivity contribution is 9.10. The Morgan fingerprint density at radius 3 is 2.82 bits per heavy atom. The average Bonchev–Trinajstić information content (AvgIpc) is 2.47. The normalized spacial score (nSPS) is 12.4. The molecule has 0 unspecified atom stereocenters. The van der Waals surface area contributed by atoms with E-state index in [0.717, 1.165) is 10.9 Å². The van der Waals surface area contributed by atoms with Crippen LogP contribution in [0.2, 0.25) is 0 Å². The standard InChI is InChI=1S/C16H21BrN4O/c1-10(2)7-12(18)9-20-15-5-6-19-16(21-15)13-8-11(17)3-4-14(13)22/h3-6,8,10,12,22H,7,9,18H2,1-2H3,(H,19,20,21)/t12-/m0/s1. The lowest BCUT2D eigenvalue weighted by atomic mass is 10.0. The average molecular weight is 365 g/mol. The van der Waals surface area contributed by atoms with Gasteiger partial charge in [0.15, 0.2) is 5.82 Å². The second-order valence-electron chi connectivity index (χ2n) is 5.70. The molecule has 5 nitrogen and oxygen atoms in total. The van der Waals surface area contributed by atoms with E-state index in [0.29, 0.717) is 29.7 Å². The number of rotatable bonds is 6. The fourth-order valence-electron chi connectivity index (χ4n) is 2.20. The van der Waals surface area contributed by atoms with Gasteiger partial charge in [-0.05, 0) is 36.6 Å². The van der Waals surface area contributed by atoms with E-state index in [1.165, 1.54) is 0 Å². The summed E-state index contributed by atoms with van der Waals surface area (Å²) in [5.41, 5.74) is 6.65. The van der Waals surface area contributed by atoms with Gasteiger partial charge in [0, 0.05) is 23.3 Å². The molecule has 0 amide bonds. The van der Waals surface area contributed by atoms with Crippen molar-refractivity contribution in [2.75, 3.05) is 11.9 Å². The monoisotopic (exact) mass is 364 g/mol. The van der Waals surface area contributed by atoms with Crippen molar-refractivity contribution in [1.82, 2.24) is 9.97 Å². The summed E-state index contributed by atoms with van der Waals surface area (Å²) in [6.07, 6.45) is 2.62. The van der Waals surface area contributed by atoms with Crippen molar-refractivity contribution in [3.63, 3.8) is 0 Å². The minimum Gasteiger partial charge on any atom is -0.507 e. The first-order chi connectivity index (χ1) is 10.5. The molecule has 0 radical (unpaired) electrons. The van der Waals surface area contributed by atoms with Crippen LogP contribution < -0.4 is 11.1 Å². The zero-order valence-corrected chi connectivity index (χ0v) is 14.3. The highest BCUT2D eigenvalue weighted by atomic mass is 79.9. The molecule has 0 saturated heterocycles. The van der Waals surface area contributed by atoms with Gasteiger partial charge in [-0.15, -0.1) is 0 Å². The first-order valence-corrected chi connectivity index (χ1v) is 8.06. The maximum Gasteiger partial charge on any atom is 0.165 e. The number of hydrogen-bond donors (Lipinski definition) is 3. The van der Waals surface area contributed by atoms with Crippen molar-refractivity contribution in [3.05, 3.63) is 34.9 Å². The van der Waals surface area contributed by atoms with Gasteiger partial charge < -0.3 is 16.2 Å². The van der Waals surface area contributed by atoms with E-state index in [2.05, 4.69) is 45.1 Å². The summed E-state index contributed by atoms with van der Waals surface area (Å²) in [5, 5.41) is 13.2. The molecule has 0 bridgehead atoms. The Labute approximate surface area is 139 Å². The van der Waals surface area contributed by atoms with Crippen LogP contribution in [-0.4, -0.2) is 27.7 Å². The van der Waals surface area contributed by atoms with Crippen LogP contribution in [0.4, 0.5) is 5.82 Å². The maximum atomic E-state index is 9.96. The van der Waals surface area contributed by atoms with Crippen LogP contribution in [0.25, 0.3) is 11.4 Å². The molecule has 0 aliphatic heterocycles. The van der Waals surface area contributed by atoms with Gasteiger partial charge >= 0.3 is 0 Å². The maximum absolute atomic E-state index is 9.96. The Balaban J connectivity index is 2.11. The summed E-state index contributed by atoms with van der Waals surface area (Å²) in [6, 6.07) is 7.05. The third kappa shape index (κ3) is 4.68. The molecule has 0 aliphatic rings. The van der Waals surface area contributed by atoms with Gasteiger partial charge in [0.1, 0.15) is 11.6 Å². The highest BCUT2D eigenvalue weighted by Gasteiger charge is 2.10. The molecule has 2 aromatic rings. The Morgan fingerprint density at radius 2 is 2.09 bits per heavy atom. The molecule has 2 rings (SSSR count). The van der Waals surface area contributed by atoms with E-state index in [9.17, 15) is 5.11 Å². The van der Waals surface area contributed by atoms with Crippen molar-refractivity contribution in [2.45, 2.75) is 26.3 Å². The molecule has 0 aliphatic carbocycles. The second-order valence-corrected chi connectivity index (χ2v) is 6.61. The number of nitrogens with one attached hydrogen (secondary N) is 1. The van der Waals surface area contributed by atoms with Crippen LogP contribution in [0.15, 0.2) is 34.9 Å². The van der Waals surface area contributed by atoms with E-state index in [-0.39, 0.29) is 11.8 Å². The molecule has 0 spiro atoms. The van der Waals surface area contributed by atoms with Crippen LogP contribution in [0.1, 0.15) is 20.3 Å². The third-order valence-electron chi connectivity index (χ3n) is 3.17. The Hall–Kier alpha value is -1.66. The fourth-order valence-corrected chi connectivity index (χ4v) is 2.56. The summed E-state index contributed by atoms with van der Waals surface area (Å²) >= 11 is 3.39.